The maximum absolute atomic E-state index is 10.6. The summed E-state index contributed by atoms with van der Waals surface area (Å²) in [4.78, 5) is 21.2. The van der Waals surface area contributed by atoms with E-state index in [1.807, 2.05) is 0 Å². The molecular weight excluding hydrogens is 391 g/mol. The first kappa shape index (κ1) is 26.2. The summed E-state index contributed by atoms with van der Waals surface area (Å²) >= 11 is 0. The van der Waals surface area contributed by atoms with E-state index in [1.165, 1.54) is 38.5 Å². The summed E-state index contributed by atoms with van der Waals surface area (Å²) in [6, 6.07) is 12.9. The second-order valence-electron chi connectivity index (χ2n) is 4.85. The van der Waals surface area contributed by atoms with Crippen LogP contribution in [0.15, 0.2) is 42.5 Å². The van der Waals surface area contributed by atoms with Crippen molar-refractivity contribution in [2.45, 2.75) is 0 Å². The number of benzene rings is 2. The topological polar surface area (TPSA) is 115 Å². The summed E-state index contributed by atoms with van der Waals surface area (Å²) in [5.41, 5.74) is 1.63. The van der Waals surface area contributed by atoms with E-state index in [4.69, 9.17) is 9.47 Å². The second-order valence-corrected chi connectivity index (χ2v) is 5.92. The van der Waals surface area contributed by atoms with Crippen molar-refractivity contribution in [1.29, 1.82) is 5.26 Å². The Morgan fingerprint density at radius 3 is 2.11 bits per heavy atom. The number of hydrogen-bond donors (Lipinski definition) is 0. The molecule has 2 rings (SSSR count). The molecule has 0 bridgehead atoms. The van der Waals surface area contributed by atoms with E-state index in [1.54, 1.807) is 24.3 Å². The Morgan fingerprint density at radius 2 is 1.63 bits per heavy atom. The third-order valence-corrected chi connectivity index (χ3v) is 3.66. The Hall–Kier alpha value is -0.780. The molecule has 10 heteroatoms. The van der Waals surface area contributed by atoms with Gasteiger partial charge < -0.3 is 28.3 Å². The van der Waals surface area contributed by atoms with Crippen LogP contribution in [-0.4, -0.2) is 14.2 Å². The maximum Gasteiger partial charge on any atom is 1.00 e. The van der Waals surface area contributed by atoms with E-state index in [-0.39, 0.29) is 64.9 Å². The van der Waals surface area contributed by atoms with Gasteiger partial charge in [0, 0.05) is 0 Å². The number of allylic oxidation sites excluding steroid dienone is 1. The molecule has 0 saturated carbocycles. The smallest absolute Gasteiger partial charge is 0.780 e. The number of nitrogens with zero attached hydrogens (tertiary/aromatic N) is 1. The number of nitriles is 1. The van der Waals surface area contributed by atoms with E-state index < -0.39 is 7.82 Å². The minimum atomic E-state index is -5.09. The molecule has 0 aliphatic heterocycles. The van der Waals surface area contributed by atoms with Crippen LogP contribution in [0.4, 0.5) is 0 Å². The molecule has 130 valence electrons. The molecule has 27 heavy (non-hydrogen) atoms. The van der Waals surface area contributed by atoms with Gasteiger partial charge in [0.1, 0.15) is 13.6 Å². The zero-order chi connectivity index (χ0) is 18.4. The van der Waals surface area contributed by atoms with Gasteiger partial charge in [0.2, 0.25) is 0 Å². The van der Waals surface area contributed by atoms with Crippen LogP contribution in [0.3, 0.4) is 0 Å². The van der Waals surface area contributed by atoms with Crippen LogP contribution < -0.4 is 82.9 Å². The van der Waals surface area contributed by atoms with E-state index in [9.17, 15) is 19.6 Å². The van der Waals surface area contributed by atoms with Crippen molar-refractivity contribution < 1.29 is 87.5 Å². The standard InChI is InChI=1S/C17H16NO6P.2Na/c1-22-16-8-5-13(10-17(16)23-2)14(11-18)9-12-3-6-15(7-4-12)24-25(19,20)21;;/h3-10H,1-2H3,(H2,19,20,21);;/q;2*+1/p-2/b14-9+;;. The Balaban J connectivity index is 0.00000338. The van der Waals surface area contributed by atoms with Gasteiger partial charge in [-0.05, 0) is 47.5 Å². The van der Waals surface area contributed by atoms with Crippen LogP contribution in [0.2, 0.25) is 0 Å². The Morgan fingerprint density at radius 1 is 1.04 bits per heavy atom. The van der Waals surface area contributed by atoms with E-state index in [0.29, 0.717) is 28.2 Å². The average Bonchev–Trinajstić information content (AvgIpc) is 2.59. The van der Waals surface area contributed by atoms with E-state index >= 15 is 0 Å². The summed E-state index contributed by atoms with van der Waals surface area (Å²) in [7, 11) is -2.07. The fourth-order valence-electron chi connectivity index (χ4n) is 2.10. The Kier molecular flexibility index (Phi) is 11.6. The van der Waals surface area contributed by atoms with Gasteiger partial charge in [-0.15, -0.1) is 0 Å². The van der Waals surface area contributed by atoms with Gasteiger partial charge in [-0.3, -0.25) is 0 Å². The molecular formula is C17H14NNa2O6P. The molecule has 7 nitrogen and oxygen atoms in total. The zero-order valence-corrected chi connectivity index (χ0v) is 20.4. The molecule has 0 aliphatic rings. The largest absolute Gasteiger partial charge is 1.00 e. The van der Waals surface area contributed by atoms with Crippen LogP contribution in [0.5, 0.6) is 17.2 Å². The van der Waals surface area contributed by atoms with Crippen molar-refractivity contribution in [2.75, 3.05) is 14.2 Å². The van der Waals surface area contributed by atoms with E-state index in [2.05, 4.69) is 10.6 Å². The number of hydrogen-bond acceptors (Lipinski definition) is 7. The summed E-state index contributed by atoms with van der Waals surface area (Å²) in [6.07, 6.45) is 1.61. The van der Waals surface area contributed by atoms with Crippen molar-refractivity contribution in [3.05, 3.63) is 53.6 Å². The van der Waals surface area contributed by atoms with Crippen molar-refractivity contribution >= 4 is 19.5 Å². The van der Waals surface area contributed by atoms with Crippen LogP contribution in [0.1, 0.15) is 11.1 Å². The molecule has 0 fully saturated rings. The van der Waals surface area contributed by atoms with Gasteiger partial charge in [0.25, 0.3) is 0 Å². The molecule has 2 aromatic rings. The molecule has 0 atom stereocenters. The summed E-state index contributed by atoms with van der Waals surface area (Å²) in [6.45, 7) is 0. The first-order valence-corrected chi connectivity index (χ1v) is 8.48. The van der Waals surface area contributed by atoms with Crippen molar-refractivity contribution in [3.63, 3.8) is 0 Å². The van der Waals surface area contributed by atoms with Gasteiger partial charge in [-0.25, -0.2) is 0 Å². The van der Waals surface area contributed by atoms with Gasteiger partial charge in [-0.1, -0.05) is 12.1 Å². The summed E-state index contributed by atoms with van der Waals surface area (Å²) in [5.74, 6) is 0.950. The van der Waals surface area contributed by atoms with Crippen LogP contribution in [-0.2, 0) is 4.57 Å². The molecule has 0 amide bonds. The van der Waals surface area contributed by atoms with Gasteiger partial charge >= 0.3 is 59.1 Å². The van der Waals surface area contributed by atoms with Crippen molar-refractivity contribution in [2.24, 2.45) is 0 Å². The molecule has 0 heterocycles. The third kappa shape index (κ3) is 8.00. The number of phosphoric ester groups is 1. The minimum Gasteiger partial charge on any atom is -0.780 e. The monoisotopic (exact) mass is 405 g/mol. The quantitative estimate of drug-likeness (QED) is 0.208. The minimum absolute atomic E-state index is 0. The first-order valence-electron chi connectivity index (χ1n) is 7.02. The molecule has 0 radical (unpaired) electrons. The second kappa shape index (κ2) is 11.9. The van der Waals surface area contributed by atoms with E-state index in [0.717, 1.165) is 0 Å². The number of phosphoric acid groups is 1. The Labute approximate surface area is 201 Å². The fraction of sp³-hybridized carbons (Fsp3) is 0.118. The first-order chi connectivity index (χ1) is 11.9. The number of ether oxygens (including phenoxy) is 2. The molecule has 2 aromatic carbocycles. The van der Waals surface area contributed by atoms with Gasteiger partial charge in [0.15, 0.2) is 11.5 Å². The summed E-state index contributed by atoms with van der Waals surface area (Å²) in [5, 5.41) is 9.40. The Bertz CT molecular complexity index is 874. The number of methoxy groups -OCH3 is 2. The fourth-order valence-corrected chi connectivity index (χ4v) is 2.48. The van der Waals surface area contributed by atoms with Crippen LogP contribution in [0.25, 0.3) is 11.6 Å². The van der Waals surface area contributed by atoms with Crippen molar-refractivity contribution in [3.8, 4) is 23.3 Å². The predicted molar refractivity (Wildman–Crippen MR) is 87.7 cm³/mol. The van der Waals surface area contributed by atoms with Crippen molar-refractivity contribution in [1.82, 2.24) is 0 Å². The SMILES string of the molecule is COc1ccc(/C(C#N)=C/c2ccc(OP(=O)([O-])[O-])cc2)cc1OC.[Na+].[Na+]. The predicted octanol–water partition coefficient (Wildman–Crippen LogP) is -4.02. The maximum atomic E-state index is 10.6. The molecule has 0 N–H and O–H groups in total. The summed E-state index contributed by atoms with van der Waals surface area (Å²) < 4.78 is 25.2. The molecule has 0 saturated heterocycles. The number of rotatable bonds is 6. The molecule has 0 unspecified atom stereocenters. The van der Waals surface area contributed by atoms with Gasteiger partial charge in [0.05, 0.1) is 25.9 Å². The molecule has 0 aliphatic carbocycles. The zero-order valence-electron chi connectivity index (χ0n) is 15.5. The normalized spacial score (nSPS) is 10.7. The molecule has 0 aromatic heterocycles. The average molecular weight is 405 g/mol. The van der Waals surface area contributed by atoms with Gasteiger partial charge in [-0.2, -0.15) is 5.26 Å². The van der Waals surface area contributed by atoms with Crippen LogP contribution in [0, 0.1) is 11.3 Å². The van der Waals surface area contributed by atoms with Crippen LogP contribution >= 0.6 is 7.82 Å². The molecule has 0 spiro atoms. The third-order valence-electron chi connectivity index (χ3n) is 3.22.